The van der Waals surface area contributed by atoms with E-state index in [1.165, 1.54) is 21.9 Å². The van der Waals surface area contributed by atoms with Crippen LogP contribution < -0.4 is 0 Å². The van der Waals surface area contributed by atoms with Crippen molar-refractivity contribution in [3.8, 4) is 0 Å². The first-order valence-corrected chi connectivity index (χ1v) is 8.41. The van der Waals surface area contributed by atoms with E-state index >= 15 is 0 Å². The van der Waals surface area contributed by atoms with Gasteiger partial charge in [0.15, 0.2) is 0 Å². The Bertz CT molecular complexity index is 780. The molecule has 0 radical (unpaired) electrons. The van der Waals surface area contributed by atoms with E-state index in [1.807, 2.05) is 11.8 Å². The lowest BCUT2D eigenvalue weighted by molar-refractivity contribution is 0.0933. The zero-order chi connectivity index (χ0) is 15.8. The van der Waals surface area contributed by atoms with Crippen molar-refractivity contribution >= 4 is 22.4 Å². The van der Waals surface area contributed by atoms with Crippen LogP contribution >= 0.6 is 0 Å². The Morgan fingerprint density at radius 2 is 2.00 bits per heavy atom. The van der Waals surface area contributed by atoms with E-state index in [-0.39, 0.29) is 18.2 Å². The van der Waals surface area contributed by atoms with E-state index in [1.54, 1.807) is 0 Å². The van der Waals surface area contributed by atoms with Crippen LogP contribution in [0.1, 0.15) is 31.7 Å². The third-order valence-corrected chi connectivity index (χ3v) is 4.99. The molecular weight excluding hydrogens is 286 g/mol. The second kappa shape index (κ2) is 5.73. The lowest BCUT2D eigenvalue weighted by Crippen LogP contribution is -2.43. The molecule has 2 heterocycles. The van der Waals surface area contributed by atoms with Gasteiger partial charge in [-0.2, -0.15) is 0 Å². The summed E-state index contributed by atoms with van der Waals surface area (Å²) in [7, 11) is 0. The molecule has 23 heavy (non-hydrogen) atoms. The van der Waals surface area contributed by atoms with Crippen molar-refractivity contribution in [2.45, 2.75) is 38.3 Å². The quantitative estimate of drug-likeness (QED) is 0.810. The van der Waals surface area contributed by atoms with Crippen molar-refractivity contribution in [1.82, 2.24) is 4.90 Å². The second-order valence-electron chi connectivity index (χ2n) is 6.36. The Morgan fingerprint density at radius 1 is 1.17 bits per heavy atom. The van der Waals surface area contributed by atoms with Gasteiger partial charge in [0, 0.05) is 6.04 Å². The normalized spacial score (nSPS) is 23.0. The molecular formula is C20H21NO2. The van der Waals surface area contributed by atoms with Crippen LogP contribution in [0.25, 0.3) is 16.3 Å². The van der Waals surface area contributed by atoms with E-state index in [0.717, 1.165) is 19.3 Å². The smallest absolute Gasteiger partial charge is 0.410 e. The lowest BCUT2D eigenvalue weighted by atomic mass is 9.93. The van der Waals surface area contributed by atoms with Gasteiger partial charge in [0.2, 0.25) is 0 Å². The highest BCUT2D eigenvalue weighted by Crippen LogP contribution is 2.39. The minimum absolute atomic E-state index is 0.159. The first-order chi connectivity index (χ1) is 11.3. The summed E-state index contributed by atoms with van der Waals surface area (Å²) >= 11 is 0. The Hall–Kier alpha value is -2.29. The molecule has 0 N–H and O–H groups in total. The molecule has 2 aromatic rings. The molecule has 3 nitrogen and oxygen atoms in total. The summed E-state index contributed by atoms with van der Waals surface area (Å²) in [6.45, 7) is 2.30. The number of hydrogen-bond acceptors (Lipinski definition) is 2. The zero-order valence-electron chi connectivity index (χ0n) is 13.4. The van der Waals surface area contributed by atoms with Crippen LogP contribution in [0.2, 0.25) is 0 Å². The van der Waals surface area contributed by atoms with Crippen molar-refractivity contribution in [2.24, 2.45) is 0 Å². The average molecular weight is 307 g/mol. The fourth-order valence-electron chi connectivity index (χ4n) is 3.92. The second-order valence-corrected chi connectivity index (χ2v) is 6.36. The summed E-state index contributed by atoms with van der Waals surface area (Å²) in [4.78, 5) is 14.1. The first-order valence-electron chi connectivity index (χ1n) is 8.41. The average Bonchev–Trinajstić information content (AvgIpc) is 2.85. The van der Waals surface area contributed by atoms with Gasteiger partial charge in [-0.1, -0.05) is 42.5 Å². The maximum Gasteiger partial charge on any atom is 0.410 e. The maximum absolute atomic E-state index is 12.2. The predicted molar refractivity (Wildman–Crippen MR) is 92.2 cm³/mol. The fraction of sp³-hybridized carbons (Fsp3) is 0.350. The third-order valence-electron chi connectivity index (χ3n) is 4.99. The van der Waals surface area contributed by atoms with Crippen molar-refractivity contribution in [3.63, 3.8) is 0 Å². The van der Waals surface area contributed by atoms with Gasteiger partial charge in [-0.05, 0) is 54.2 Å². The third kappa shape index (κ3) is 2.50. The van der Waals surface area contributed by atoms with Gasteiger partial charge in [-0.25, -0.2) is 4.79 Å². The number of amides is 1. The standard InChI is InChI=1S/C20H21NO2/c1-2-23-20(22)21-18-9-10-19(21)13-17(12-18)16-8-7-14-5-3-4-6-15(14)11-16/h3-8,11-12,18-19H,2,9-10,13H2,1H3. The summed E-state index contributed by atoms with van der Waals surface area (Å²) in [5, 5.41) is 2.54. The summed E-state index contributed by atoms with van der Waals surface area (Å²) < 4.78 is 5.22. The minimum Gasteiger partial charge on any atom is -0.450 e. The van der Waals surface area contributed by atoms with Gasteiger partial charge in [-0.3, -0.25) is 4.90 Å². The molecule has 4 rings (SSSR count). The van der Waals surface area contributed by atoms with Crippen molar-refractivity contribution in [2.75, 3.05) is 6.61 Å². The minimum atomic E-state index is -0.159. The zero-order valence-corrected chi connectivity index (χ0v) is 13.4. The van der Waals surface area contributed by atoms with Crippen LogP contribution in [-0.2, 0) is 4.74 Å². The van der Waals surface area contributed by atoms with Gasteiger partial charge >= 0.3 is 6.09 Å². The molecule has 2 atom stereocenters. The molecule has 2 aromatic carbocycles. The number of nitrogens with zero attached hydrogens (tertiary/aromatic N) is 1. The predicted octanol–water partition coefficient (Wildman–Crippen LogP) is 4.62. The number of ether oxygens (including phenoxy) is 1. The van der Waals surface area contributed by atoms with E-state index in [9.17, 15) is 4.79 Å². The number of benzene rings is 2. The lowest BCUT2D eigenvalue weighted by Gasteiger charge is -2.33. The molecule has 0 aromatic heterocycles. The van der Waals surface area contributed by atoms with Gasteiger partial charge in [-0.15, -0.1) is 0 Å². The van der Waals surface area contributed by atoms with E-state index < -0.39 is 0 Å². The van der Waals surface area contributed by atoms with Gasteiger partial charge in [0.05, 0.1) is 12.6 Å². The summed E-state index contributed by atoms with van der Waals surface area (Å²) in [5.74, 6) is 0. The molecule has 118 valence electrons. The Balaban J connectivity index is 1.65. The van der Waals surface area contributed by atoms with Crippen molar-refractivity contribution in [1.29, 1.82) is 0 Å². The SMILES string of the molecule is CCOC(=O)N1C2C=C(c3ccc4ccccc4c3)CC1CC2. The maximum atomic E-state index is 12.2. The Labute approximate surface area is 136 Å². The van der Waals surface area contributed by atoms with Crippen LogP contribution in [0, 0.1) is 0 Å². The van der Waals surface area contributed by atoms with E-state index in [0.29, 0.717) is 6.61 Å². The fourth-order valence-corrected chi connectivity index (χ4v) is 3.92. The van der Waals surface area contributed by atoms with Crippen LogP contribution in [0.4, 0.5) is 4.79 Å². The van der Waals surface area contributed by atoms with Crippen molar-refractivity contribution < 1.29 is 9.53 Å². The highest BCUT2D eigenvalue weighted by atomic mass is 16.6. The largest absolute Gasteiger partial charge is 0.450 e. The number of carbonyl (C=O) groups is 1. The summed E-state index contributed by atoms with van der Waals surface area (Å²) in [6, 6.07) is 15.6. The number of carbonyl (C=O) groups excluding carboxylic acids is 1. The molecule has 3 heteroatoms. The molecule has 0 aliphatic carbocycles. The number of fused-ring (bicyclic) bond motifs is 3. The van der Waals surface area contributed by atoms with E-state index in [2.05, 4.69) is 48.5 Å². The molecule has 2 bridgehead atoms. The van der Waals surface area contributed by atoms with Crippen LogP contribution in [0.5, 0.6) is 0 Å². The monoisotopic (exact) mass is 307 g/mol. The molecule has 1 saturated heterocycles. The molecule has 1 amide bonds. The molecule has 2 aliphatic heterocycles. The molecule has 2 unspecified atom stereocenters. The Morgan fingerprint density at radius 3 is 2.78 bits per heavy atom. The number of hydrogen-bond donors (Lipinski definition) is 0. The Kier molecular flexibility index (Phi) is 3.56. The molecule has 0 spiro atoms. The van der Waals surface area contributed by atoms with Crippen LogP contribution in [0.3, 0.4) is 0 Å². The van der Waals surface area contributed by atoms with Gasteiger partial charge in [0.1, 0.15) is 0 Å². The topological polar surface area (TPSA) is 29.5 Å². The summed E-state index contributed by atoms with van der Waals surface area (Å²) in [5.41, 5.74) is 2.65. The van der Waals surface area contributed by atoms with Crippen LogP contribution in [0.15, 0.2) is 48.5 Å². The molecule has 0 saturated carbocycles. The first kappa shape index (κ1) is 14.3. The van der Waals surface area contributed by atoms with E-state index in [4.69, 9.17) is 4.74 Å². The number of rotatable bonds is 2. The molecule has 2 aliphatic rings. The molecule has 1 fully saturated rings. The van der Waals surface area contributed by atoms with Crippen LogP contribution in [-0.4, -0.2) is 29.7 Å². The van der Waals surface area contributed by atoms with Gasteiger partial charge in [0.25, 0.3) is 0 Å². The van der Waals surface area contributed by atoms with Crippen molar-refractivity contribution in [3.05, 3.63) is 54.1 Å². The highest BCUT2D eigenvalue weighted by Gasteiger charge is 2.40. The van der Waals surface area contributed by atoms with Gasteiger partial charge < -0.3 is 4.74 Å². The summed E-state index contributed by atoms with van der Waals surface area (Å²) in [6.07, 6.45) is 5.14. The highest BCUT2D eigenvalue weighted by molar-refractivity contribution is 5.87.